The maximum atomic E-state index is 11.8. The Balaban J connectivity index is 2.27. The number of carbonyl (C=O) groups excluding carboxylic acids is 1. The van der Waals surface area contributed by atoms with Gasteiger partial charge in [0.05, 0.1) is 12.3 Å². The van der Waals surface area contributed by atoms with Crippen molar-refractivity contribution >= 4 is 5.91 Å². The zero-order valence-corrected chi connectivity index (χ0v) is 10.8. The third-order valence-electron chi connectivity index (χ3n) is 2.46. The number of nitrogens with zero attached hydrogens (tertiary/aromatic N) is 1. The smallest absolute Gasteiger partial charge is 0.251 e. The predicted molar refractivity (Wildman–Crippen MR) is 70.2 cm³/mol. The Morgan fingerprint density at radius 2 is 2.33 bits per heavy atom. The fraction of sp³-hybridized carbons (Fsp3) is 0.538. The number of hydrogen-bond acceptors (Lipinski definition) is 4. The minimum atomic E-state index is -0.119. The summed E-state index contributed by atoms with van der Waals surface area (Å²) in [4.78, 5) is 15.8. The van der Waals surface area contributed by atoms with Gasteiger partial charge in [0.2, 0.25) is 0 Å². The number of carbonyl (C=O) groups is 1. The second kappa shape index (κ2) is 8.60. The van der Waals surface area contributed by atoms with Gasteiger partial charge in [-0.15, -0.1) is 0 Å². The molecule has 1 rings (SSSR count). The molecule has 0 saturated carbocycles. The summed E-state index contributed by atoms with van der Waals surface area (Å²) in [6.45, 7) is 4.26. The first-order valence-electron chi connectivity index (χ1n) is 6.29. The Kier molecular flexibility index (Phi) is 6.98. The van der Waals surface area contributed by atoms with Crippen molar-refractivity contribution in [2.75, 3.05) is 19.8 Å². The molecule has 1 aromatic rings. The van der Waals surface area contributed by atoms with Crippen LogP contribution in [0.5, 0.6) is 0 Å². The molecule has 0 aliphatic heterocycles. The first-order chi connectivity index (χ1) is 8.77. The predicted octanol–water partition coefficient (Wildman–Crippen LogP) is 1.09. The quantitative estimate of drug-likeness (QED) is 0.678. The van der Waals surface area contributed by atoms with Crippen LogP contribution in [-0.4, -0.2) is 30.6 Å². The molecule has 5 nitrogen and oxygen atoms in total. The van der Waals surface area contributed by atoms with Gasteiger partial charge in [-0.05, 0) is 18.6 Å². The van der Waals surface area contributed by atoms with Crippen molar-refractivity contribution in [3.8, 4) is 0 Å². The minimum Gasteiger partial charge on any atom is -0.380 e. The van der Waals surface area contributed by atoms with Crippen LogP contribution in [0.2, 0.25) is 0 Å². The summed E-state index contributed by atoms with van der Waals surface area (Å²) in [5.41, 5.74) is 6.77. The monoisotopic (exact) mass is 251 g/mol. The molecule has 0 spiro atoms. The maximum Gasteiger partial charge on any atom is 0.251 e. The Morgan fingerprint density at radius 3 is 3.06 bits per heavy atom. The van der Waals surface area contributed by atoms with Gasteiger partial charge in [-0.25, -0.2) is 0 Å². The molecule has 0 atom stereocenters. The first-order valence-corrected chi connectivity index (χ1v) is 6.29. The van der Waals surface area contributed by atoms with E-state index in [2.05, 4.69) is 17.2 Å². The molecule has 5 heteroatoms. The lowest BCUT2D eigenvalue weighted by Gasteiger charge is -2.06. The van der Waals surface area contributed by atoms with Crippen LogP contribution in [0.15, 0.2) is 18.3 Å². The fourth-order valence-corrected chi connectivity index (χ4v) is 1.42. The highest BCUT2D eigenvalue weighted by Gasteiger charge is 2.05. The molecule has 0 aliphatic carbocycles. The number of nitrogens with two attached hydrogens (primary N) is 1. The highest BCUT2D eigenvalue weighted by molar-refractivity contribution is 5.94. The van der Waals surface area contributed by atoms with Gasteiger partial charge in [0.15, 0.2) is 0 Å². The van der Waals surface area contributed by atoms with Crippen molar-refractivity contribution in [1.29, 1.82) is 0 Å². The molecule has 3 N–H and O–H groups in total. The van der Waals surface area contributed by atoms with E-state index in [0.717, 1.165) is 19.4 Å². The van der Waals surface area contributed by atoms with Gasteiger partial charge < -0.3 is 15.8 Å². The summed E-state index contributed by atoms with van der Waals surface area (Å²) < 4.78 is 5.36. The van der Waals surface area contributed by atoms with E-state index in [-0.39, 0.29) is 5.91 Å². The van der Waals surface area contributed by atoms with Crippen LogP contribution >= 0.6 is 0 Å². The minimum absolute atomic E-state index is 0.119. The van der Waals surface area contributed by atoms with Crippen LogP contribution in [0, 0.1) is 0 Å². The molecule has 0 unspecified atom stereocenters. The SMILES string of the molecule is CCCCOCCNC(=O)c1ccnc(CN)c1. The van der Waals surface area contributed by atoms with E-state index in [1.54, 1.807) is 18.3 Å². The molecule has 0 bridgehead atoms. The zero-order valence-electron chi connectivity index (χ0n) is 10.8. The topological polar surface area (TPSA) is 77.2 Å². The van der Waals surface area contributed by atoms with Crippen LogP contribution in [0.4, 0.5) is 0 Å². The summed E-state index contributed by atoms with van der Waals surface area (Å²) in [5.74, 6) is -0.119. The second-order valence-electron chi connectivity index (χ2n) is 3.96. The van der Waals surface area contributed by atoms with E-state index in [9.17, 15) is 4.79 Å². The van der Waals surface area contributed by atoms with Crippen LogP contribution < -0.4 is 11.1 Å². The first kappa shape index (κ1) is 14.6. The Labute approximate surface area is 108 Å². The number of rotatable bonds is 8. The van der Waals surface area contributed by atoms with Crippen LogP contribution in [0.3, 0.4) is 0 Å². The fourth-order valence-electron chi connectivity index (χ4n) is 1.42. The molecular formula is C13H21N3O2. The number of nitrogens with one attached hydrogen (secondary N) is 1. The molecule has 0 fully saturated rings. The normalized spacial score (nSPS) is 10.3. The largest absolute Gasteiger partial charge is 0.380 e. The standard InChI is InChI=1S/C13H21N3O2/c1-2-3-7-18-8-6-16-13(17)11-4-5-15-12(9-11)10-14/h4-5,9H,2-3,6-8,10,14H2,1H3,(H,16,17). The van der Waals surface area contributed by atoms with E-state index in [4.69, 9.17) is 10.5 Å². The third-order valence-corrected chi connectivity index (χ3v) is 2.46. The zero-order chi connectivity index (χ0) is 13.2. The summed E-state index contributed by atoms with van der Waals surface area (Å²) in [5, 5.41) is 2.79. The van der Waals surface area contributed by atoms with E-state index < -0.39 is 0 Å². The van der Waals surface area contributed by atoms with Crippen LogP contribution in [0.25, 0.3) is 0 Å². The molecule has 0 saturated heterocycles. The van der Waals surface area contributed by atoms with Gasteiger partial charge in [0.25, 0.3) is 5.91 Å². The number of pyridine rings is 1. The molecule has 1 amide bonds. The average molecular weight is 251 g/mol. The number of hydrogen-bond donors (Lipinski definition) is 2. The van der Waals surface area contributed by atoms with Crippen molar-refractivity contribution in [1.82, 2.24) is 10.3 Å². The van der Waals surface area contributed by atoms with Gasteiger partial charge >= 0.3 is 0 Å². The third kappa shape index (κ3) is 5.25. The Hall–Kier alpha value is -1.46. The van der Waals surface area contributed by atoms with Crippen molar-refractivity contribution in [3.05, 3.63) is 29.6 Å². The highest BCUT2D eigenvalue weighted by Crippen LogP contribution is 2.00. The van der Waals surface area contributed by atoms with Crippen molar-refractivity contribution in [2.24, 2.45) is 5.73 Å². The van der Waals surface area contributed by atoms with Gasteiger partial charge in [-0.1, -0.05) is 13.3 Å². The van der Waals surface area contributed by atoms with Gasteiger partial charge in [-0.3, -0.25) is 9.78 Å². The molecule has 100 valence electrons. The Bertz CT molecular complexity index is 369. The van der Waals surface area contributed by atoms with E-state index in [1.165, 1.54) is 0 Å². The molecule has 18 heavy (non-hydrogen) atoms. The second-order valence-corrected chi connectivity index (χ2v) is 3.96. The van der Waals surface area contributed by atoms with E-state index in [1.807, 2.05) is 0 Å². The molecule has 1 aromatic heterocycles. The molecule has 0 aromatic carbocycles. The van der Waals surface area contributed by atoms with Crippen molar-refractivity contribution in [3.63, 3.8) is 0 Å². The molecule has 0 radical (unpaired) electrons. The summed E-state index contributed by atoms with van der Waals surface area (Å²) in [6.07, 6.45) is 3.76. The van der Waals surface area contributed by atoms with Gasteiger partial charge in [0.1, 0.15) is 0 Å². The maximum absolute atomic E-state index is 11.8. The highest BCUT2D eigenvalue weighted by atomic mass is 16.5. The average Bonchev–Trinajstić information content (AvgIpc) is 2.42. The lowest BCUT2D eigenvalue weighted by molar-refractivity contribution is 0.0912. The van der Waals surface area contributed by atoms with E-state index in [0.29, 0.717) is 31.0 Å². The summed E-state index contributed by atoms with van der Waals surface area (Å²) in [6, 6.07) is 3.37. The van der Waals surface area contributed by atoms with Gasteiger partial charge in [0, 0.05) is 31.5 Å². The lowest BCUT2D eigenvalue weighted by atomic mass is 10.2. The number of ether oxygens (including phenoxy) is 1. The molecular weight excluding hydrogens is 230 g/mol. The summed E-state index contributed by atoms with van der Waals surface area (Å²) >= 11 is 0. The molecule has 0 aliphatic rings. The van der Waals surface area contributed by atoms with E-state index >= 15 is 0 Å². The van der Waals surface area contributed by atoms with Crippen LogP contribution in [0.1, 0.15) is 35.8 Å². The number of unbranched alkanes of at least 4 members (excludes halogenated alkanes) is 1. The summed E-state index contributed by atoms with van der Waals surface area (Å²) in [7, 11) is 0. The van der Waals surface area contributed by atoms with Crippen LogP contribution in [-0.2, 0) is 11.3 Å². The number of aromatic nitrogens is 1. The lowest BCUT2D eigenvalue weighted by Crippen LogP contribution is -2.27. The number of amides is 1. The van der Waals surface area contributed by atoms with Gasteiger partial charge in [-0.2, -0.15) is 0 Å². The van der Waals surface area contributed by atoms with Crippen molar-refractivity contribution in [2.45, 2.75) is 26.3 Å². The Morgan fingerprint density at radius 1 is 1.50 bits per heavy atom. The van der Waals surface area contributed by atoms with Crippen molar-refractivity contribution < 1.29 is 9.53 Å². The molecule has 1 heterocycles.